The van der Waals surface area contributed by atoms with E-state index in [0.717, 1.165) is 16.7 Å². The number of hydrogen-bond donors (Lipinski definition) is 4. The van der Waals surface area contributed by atoms with Gasteiger partial charge >= 0.3 is 6.03 Å². The highest BCUT2D eigenvalue weighted by atomic mass is 32.2. The van der Waals surface area contributed by atoms with Gasteiger partial charge in [0.2, 0.25) is 0 Å². The van der Waals surface area contributed by atoms with Crippen LogP contribution >= 0.6 is 0 Å². The minimum atomic E-state index is -4.25. The average molecular weight is 463 g/mol. The monoisotopic (exact) mass is 462 g/mol. The second-order valence-electron chi connectivity index (χ2n) is 8.87. The highest BCUT2D eigenvalue weighted by molar-refractivity contribution is 7.90. The molecule has 2 aromatic rings. The summed E-state index contributed by atoms with van der Waals surface area (Å²) in [4.78, 5) is 12.6. The number of amides is 2. The van der Waals surface area contributed by atoms with Gasteiger partial charge in [-0.15, -0.1) is 0 Å². The van der Waals surface area contributed by atoms with Crippen molar-refractivity contribution in [2.45, 2.75) is 77.4 Å². The molecule has 176 valence electrons. The third-order valence-electron chi connectivity index (χ3n) is 5.28. The number of carbonyl (C=O) groups is 1. The van der Waals surface area contributed by atoms with Crippen molar-refractivity contribution in [3.8, 4) is 0 Å². The van der Waals surface area contributed by atoms with Crippen molar-refractivity contribution in [3.63, 3.8) is 0 Å². The van der Waals surface area contributed by atoms with Crippen LogP contribution in [0, 0.1) is 6.92 Å². The summed E-state index contributed by atoms with van der Waals surface area (Å²) in [5.74, 6) is 0.242. The summed E-state index contributed by atoms with van der Waals surface area (Å²) in [5, 5.41) is 22.6. The third-order valence-corrected chi connectivity index (χ3v) is 6.59. The van der Waals surface area contributed by atoms with E-state index in [1.54, 1.807) is 0 Å². The molecular weight excluding hydrogens is 428 g/mol. The predicted octanol–water partition coefficient (Wildman–Crippen LogP) is 4.86. The van der Waals surface area contributed by atoms with Gasteiger partial charge in [-0.05, 0) is 67.0 Å². The molecule has 4 N–H and O–H groups in total. The van der Waals surface area contributed by atoms with Crippen LogP contribution in [0.3, 0.4) is 0 Å². The minimum absolute atomic E-state index is 0.121. The van der Waals surface area contributed by atoms with E-state index in [-0.39, 0.29) is 16.7 Å². The van der Waals surface area contributed by atoms with Crippen LogP contribution in [0.5, 0.6) is 0 Å². The molecule has 0 aliphatic rings. The Bertz CT molecular complexity index is 1030. The summed E-state index contributed by atoms with van der Waals surface area (Å²) in [7, 11) is -4.25. The Morgan fingerprint density at radius 2 is 1.25 bits per heavy atom. The molecule has 2 amide bonds. The first-order chi connectivity index (χ1) is 14.7. The van der Waals surface area contributed by atoms with E-state index in [1.165, 1.54) is 32.0 Å². The van der Waals surface area contributed by atoms with Gasteiger partial charge in [-0.1, -0.05) is 51.5 Å². The summed E-state index contributed by atoms with van der Waals surface area (Å²) in [6.45, 7) is 13.0. The molecule has 2 aromatic carbocycles. The molecule has 32 heavy (non-hydrogen) atoms. The van der Waals surface area contributed by atoms with E-state index >= 15 is 0 Å². The van der Waals surface area contributed by atoms with Gasteiger partial charge in [-0.2, -0.15) is 0 Å². The lowest BCUT2D eigenvalue weighted by Gasteiger charge is -2.21. The third kappa shape index (κ3) is 6.09. The van der Waals surface area contributed by atoms with Crippen LogP contribution in [-0.2, 0) is 10.0 Å². The number of carbonyl (C=O) groups excluding carboxylic acids is 1. The summed E-state index contributed by atoms with van der Waals surface area (Å²) in [5.41, 5.74) is 4.17. The molecule has 0 radical (unpaired) electrons. The molecule has 2 atom stereocenters. The molecule has 2 unspecified atom stereocenters. The number of nitrogens with one attached hydrogen (secondary N) is 2. The van der Waals surface area contributed by atoms with E-state index in [4.69, 9.17) is 0 Å². The van der Waals surface area contributed by atoms with E-state index in [2.05, 4.69) is 10.0 Å². The fourth-order valence-corrected chi connectivity index (χ4v) is 4.50. The van der Waals surface area contributed by atoms with Crippen LogP contribution in [0.1, 0.15) is 93.4 Å². The van der Waals surface area contributed by atoms with Crippen molar-refractivity contribution >= 4 is 21.7 Å². The Balaban J connectivity index is 2.42. The van der Waals surface area contributed by atoms with Gasteiger partial charge in [0.05, 0.1) is 17.1 Å². The lowest BCUT2D eigenvalue weighted by Crippen LogP contribution is -2.35. The number of hydrogen-bond acceptors (Lipinski definition) is 5. The van der Waals surface area contributed by atoms with Gasteiger partial charge in [-0.3, -0.25) is 0 Å². The Kier molecular flexibility index (Phi) is 8.09. The molecule has 8 heteroatoms. The van der Waals surface area contributed by atoms with Crippen molar-refractivity contribution in [2.75, 3.05) is 5.32 Å². The molecule has 0 aliphatic heterocycles. The Morgan fingerprint density at radius 3 is 1.62 bits per heavy atom. The summed E-state index contributed by atoms with van der Waals surface area (Å²) in [6, 6.07) is 7.21. The molecule has 0 saturated heterocycles. The number of aliphatic hydroxyl groups excluding tert-OH is 2. The van der Waals surface area contributed by atoms with Crippen LogP contribution in [0.25, 0.3) is 0 Å². The van der Waals surface area contributed by atoms with Crippen molar-refractivity contribution in [2.24, 2.45) is 0 Å². The van der Waals surface area contributed by atoms with Gasteiger partial charge < -0.3 is 15.5 Å². The van der Waals surface area contributed by atoms with E-state index < -0.39 is 28.3 Å². The van der Waals surface area contributed by atoms with Crippen LogP contribution in [0.15, 0.2) is 35.2 Å². The second-order valence-corrected chi connectivity index (χ2v) is 10.6. The molecule has 7 nitrogen and oxygen atoms in total. The molecule has 0 fully saturated rings. The number of aliphatic hydroxyl groups is 2. The number of rotatable bonds is 7. The maximum absolute atomic E-state index is 12.9. The van der Waals surface area contributed by atoms with E-state index in [1.807, 2.05) is 46.8 Å². The number of aryl methyl sites for hydroxylation is 1. The predicted molar refractivity (Wildman–Crippen MR) is 126 cm³/mol. The van der Waals surface area contributed by atoms with Crippen molar-refractivity contribution in [1.82, 2.24) is 4.72 Å². The molecule has 0 bridgehead atoms. The molecule has 0 aromatic heterocycles. The topological polar surface area (TPSA) is 116 Å². The second kappa shape index (κ2) is 10.0. The zero-order valence-corrected chi connectivity index (χ0v) is 20.5. The zero-order valence-electron chi connectivity index (χ0n) is 19.7. The number of urea groups is 1. The van der Waals surface area contributed by atoms with E-state index in [9.17, 15) is 23.4 Å². The summed E-state index contributed by atoms with van der Waals surface area (Å²) in [6.07, 6.45) is -1.88. The zero-order chi connectivity index (χ0) is 24.4. The van der Waals surface area contributed by atoms with Crippen LogP contribution in [-0.4, -0.2) is 24.7 Å². The first-order valence-electron chi connectivity index (χ1n) is 10.7. The van der Waals surface area contributed by atoms with Gasteiger partial charge in [-0.25, -0.2) is 17.9 Å². The normalized spacial score (nSPS) is 13.8. The highest BCUT2D eigenvalue weighted by Crippen LogP contribution is 2.34. The largest absolute Gasteiger partial charge is 0.389 e. The van der Waals surface area contributed by atoms with Crippen molar-refractivity contribution in [1.29, 1.82) is 0 Å². The SMILES string of the molecule is Cc1cc(C(C)C)c(NC(=O)NS(=O)(=O)c2cc(C(C)O)cc(C(C)O)c2)c(C(C)C)c1. The molecular formula is C24H34N2O5S. The maximum Gasteiger partial charge on any atom is 0.333 e. The quantitative estimate of drug-likeness (QED) is 0.469. The molecule has 2 rings (SSSR count). The van der Waals surface area contributed by atoms with Gasteiger partial charge in [0.25, 0.3) is 10.0 Å². The van der Waals surface area contributed by atoms with Crippen LogP contribution in [0.2, 0.25) is 0 Å². The van der Waals surface area contributed by atoms with E-state index in [0.29, 0.717) is 16.8 Å². The number of anilines is 1. The summed E-state index contributed by atoms with van der Waals surface area (Å²) < 4.78 is 27.9. The Hall–Kier alpha value is -2.42. The maximum atomic E-state index is 12.9. The standard InChI is InChI=1S/C24H34N2O5S/c1-13(2)21-8-15(5)9-22(14(3)4)23(21)25-24(29)26-32(30,31)20-11-18(16(6)27)10-19(12-20)17(7)28/h8-14,16-17,27-28H,1-7H3,(H2,25,26,29). The fourth-order valence-electron chi connectivity index (χ4n) is 3.50. The molecule has 0 spiro atoms. The highest BCUT2D eigenvalue weighted by Gasteiger charge is 2.23. The van der Waals surface area contributed by atoms with Gasteiger partial charge in [0, 0.05) is 5.69 Å². The lowest BCUT2D eigenvalue weighted by molar-refractivity contribution is 0.192. The molecule has 0 saturated carbocycles. The smallest absolute Gasteiger partial charge is 0.333 e. The fraction of sp³-hybridized carbons (Fsp3) is 0.458. The number of sulfonamides is 1. The first-order valence-corrected chi connectivity index (χ1v) is 12.2. The van der Waals surface area contributed by atoms with Gasteiger partial charge in [0.1, 0.15) is 0 Å². The minimum Gasteiger partial charge on any atom is -0.389 e. The Morgan fingerprint density at radius 1 is 0.812 bits per heavy atom. The van der Waals surface area contributed by atoms with Crippen LogP contribution in [0.4, 0.5) is 10.5 Å². The average Bonchev–Trinajstić information content (AvgIpc) is 2.67. The van der Waals surface area contributed by atoms with Gasteiger partial charge in [0.15, 0.2) is 0 Å². The molecule has 0 heterocycles. The summed E-state index contributed by atoms with van der Waals surface area (Å²) >= 11 is 0. The Labute approximate surface area is 190 Å². The molecule has 0 aliphatic carbocycles. The number of benzene rings is 2. The first kappa shape index (κ1) is 25.8. The van der Waals surface area contributed by atoms with Crippen LogP contribution < -0.4 is 10.0 Å². The lowest BCUT2D eigenvalue weighted by atomic mass is 9.90. The van der Waals surface area contributed by atoms with Crippen molar-refractivity contribution in [3.05, 3.63) is 58.1 Å². The van der Waals surface area contributed by atoms with Crippen molar-refractivity contribution < 1.29 is 23.4 Å².